The summed E-state index contributed by atoms with van der Waals surface area (Å²) in [5.74, 6) is -0.462. The van der Waals surface area contributed by atoms with Crippen LogP contribution in [0.5, 0.6) is 0 Å². The lowest BCUT2D eigenvalue weighted by atomic mass is 9.30. The molecule has 1 aromatic rings. The van der Waals surface area contributed by atoms with Crippen LogP contribution in [-0.4, -0.2) is 103 Å². The fourth-order valence-corrected chi connectivity index (χ4v) is 3.49. The van der Waals surface area contributed by atoms with Crippen LogP contribution in [0.2, 0.25) is 0 Å². The van der Waals surface area contributed by atoms with Crippen molar-refractivity contribution in [2.45, 2.75) is 47.9 Å². The molecule has 31 heavy (non-hydrogen) atoms. The molecule has 1 amide bonds. The van der Waals surface area contributed by atoms with E-state index in [1.54, 1.807) is 20.8 Å². The van der Waals surface area contributed by atoms with Crippen LogP contribution in [0.3, 0.4) is 0 Å². The highest BCUT2D eigenvalue weighted by atomic mass is 31.0. The number of rotatable bonds is 3. The number of hydrogen-bond acceptors (Lipinski definition) is 7. The quantitative estimate of drug-likeness (QED) is 0.265. The number of pyridine rings is 1. The lowest BCUT2D eigenvalue weighted by Crippen LogP contribution is -2.94. The van der Waals surface area contributed by atoms with Crippen molar-refractivity contribution < 1.29 is 14.5 Å². The largest absolute Gasteiger partial charge is 0.444 e. The number of hydrogen-bond donors (Lipinski definition) is 1. The van der Waals surface area contributed by atoms with Crippen LogP contribution in [0.4, 0.5) is 16.3 Å². The molecule has 1 N–H and O–H groups in total. The number of amides is 1. The zero-order valence-corrected chi connectivity index (χ0v) is 18.4. The monoisotopic (exact) mass is 425 g/mol. The fourth-order valence-electron chi connectivity index (χ4n) is 3.13. The van der Waals surface area contributed by atoms with Crippen LogP contribution in [0.1, 0.15) is 20.8 Å². The van der Waals surface area contributed by atoms with Crippen molar-refractivity contribution >= 4 is 81.9 Å². The summed E-state index contributed by atoms with van der Waals surface area (Å²) in [4.78, 5) is 28.4. The van der Waals surface area contributed by atoms with Crippen molar-refractivity contribution in [2.75, 3.05) is 4.90 Å². The molecule has 1 aliphatic rings. The molecule has 2 unspecified atom stereocenters. The molecular weight excluding hydrogens is 409 g/mol. The van der Waals surface area contributed by atoms with Crippen LogP contribution in [-0.2, 0) is 4.74 Å². The first kappa shape index (κ1) is 25.7. The normalized spacial score (nSPS) is 24.4. The Morgan fingerprint density at radius 3 is 2.06 bits per heavy atom. The molecular formula is C14H15B7N5O4P. The average Bonchev–Trinajstić information content (AvgIpc) is 2.58. The minimum atomic E-state index is -2.47. The number of carbonyl (C=O) groups is 1. The van der Waals surface area contributed by atoms with Crippen molar-refractivity contribution in [1.29, 1.82) is 0 Å². The van der Waals surface area contributed by atoms with Gasteiger partial charge in [-0.1, -0.05) is 9.39 Å². The van der Waals surface area contributed by atoms with Gasteiger partial charge in [-0.05, 0) is 52.8 Å². The van der Waals surface area contributed by atoms with Gasteiger partial charge in [-0.2, -0.15) is 0 Å². The Labute approximate surface area is 192 Å². The van der Waals surface area contributed by atoms with Gasteiger partial charge in [-0.25, -0.2) is 4.79 Å². The van der Waals surface area contributed by atoms with Gasteiger partial charge in [-0.3, -0.25) is 5.09 Å². The van der Waals surface area contributed by atoms with Crippen molar-refractivity contribution in [1.82, 2.24) is 15.0 Å². The predicted molar refractivity (Wildman–Crippen MR) is 125 cm³/mol. The summed E-state index contributed by atoms with van der Waals surface area (Å²) in [7, 11) is 46.1. The molecule has 0 aromatic carbocycles. The van der Waals surface area contributed by atoms with Crippen molar-refractivity contribution in [3.63, 3.8) is 0 Å². The van der Waals surface area contributed by atoms with Gasteiger partial charge in [0.05, 0.1) is 58.3 Å². The molecule has 0 saturated carbocycles. The van der Waals surface area contributed by atoms with Gasteiger partial charge in [0.25, 0.3) is 0 Å². The first-order valence-corrected chi connectivity index (χ1v) is 9.36. The summed E-state index contributed by atoms with van der Waals surface area (Å²) in [6, 6.07) is 2.30. The Balaban J connectivity index is 2.73. The number of nitrogens with one attached hydrogen (secondary N) is 1. The van der Waals surface area contributed by atoms with E-state index in [2.05, 4.69) is 19.5 Å². The van der Waals surface area contributed by atoms with E-state index in [1.807, 2.05) is 0 Å². The highest BCUT2D eigenvalue weighted by Gasteiger charge is 2.64. The van der Waals surface area contributed by atoms with E-state index in [0.717, 1.165) is 17.2 Å². The lowest BCUT2D eigenvalue weighted by molar-refractivity contribution is -0.389. The number of aromatic nitrogens is 1. The number of ether oxygens (including phenoxy) is 1. The lowest BCUT2D eigenvalue weighted by Gasteiger charge is -2.75. The maximum Gasteiger partial charge on any atom is 0.408 e. The van der Waals surface area contributed by atoms with Gasteiger partial charge in [0.15, 0.2) is 6.20 Å². The molecule has 14 radical (unpaired) electrons. The summed E-state index contributed by atoms with van der Waals surface area (Å²) < 4.78 is 5.32. The van der Waals surface area contributed by atoms with Crippen LogP contribution in [0.15, 0.2) is 18.3 Å². The molecule has 0 aliphatic carbocycles. The van der Waals surface area contributed by atoms with Crippen LogP contribution in [0.25, 0.3) is 0 Å². The highest BCUT2D eigenvalue weighted by molar-refractivity contribution is 7.14. The van der Waals surface area contributed by atoms with E-state index in [-0.39, 0.29) is 5.69 Å². The van der Waals surface area contributed by atoms with E-state index in [4.69, 9.17) is 59.7 Å². The van der Waals surface area contributed by atoms with Crippen molar-refractivity contribution in [3.05, 3.63) is 28.4 Å². The molecule has 1 aliphatic heterocycles. The Kier molecular flexibility index (Phi) is 6.47. The Bertz CT molecular complexity index is 883. The van der Waals surface area contributed by atoms with E-state index >= 15 is 0 Å². The molecule has 2 rings (SSSR count). The third-order valence-corrected chi connectivity index (χ3v) is 5.13. The average molecular weight is 424 g/mol. The van der Waals surface area contributed by atoms with Gasteiger partial charge in [0, 0.05) is 6.07 Å². The molecule has 146 valence electrons. The molecule has 1 saturated heterocycles. The van der Waals surface area contributed by atoms with Crippen LogP contribution >= 0.6 is 9.39 Å². The zero-order chi connectivity index (χ0) is 24.2. The summed E-state index contributed by atoms with van der Waals surface area (Å²) >= 11 is 0. The van der Waals surface area contributed by atoms with Gasteiger partial charge >= 0.3 is 11.9 Å². The second-order valence-corrected chi connectivity index (χ2v) is 8.46. The Morgan fingerprint density at radius 2 is 1.68 bits per heavy atom. The number of nitro groups is 1. The number of anilines is 1. The Morgan fingerprint density at radius 1 is 1.13 bits per heavy atom. The molecule has 1 aromatic heterocycles. The third-order valence-electron chi connectivity index (χ3n) is 4.69. The van der Waals surface area contributed by atoms with E-state index in [9.17, 15) is 14.9 Å². The molecule has 0 bridgehead atoms. The number of nitrogens with zero attached hydrogens (tertiary/aromatic N) is 4. The maximum atomic E-state index is 13.0. The van der Waals surface area contributed by atoms with E-state index in [1.165, 1.54) is 6.07 Å². The SMILES string of the molecule is [B]C1([B])N(C(=O)OC(C)(C)C)C([B])([B])C([B])(NP)N(c2ccc([N+](=O)[O-])nc2)C1([B])[B]. The smallest absolute Gasteiger partial charge is 0.408 e. The van der Waals surface area contributed by atoms with Crippen molar-refractivity contribution in [3.8, 4) is 0 Å². The van der Waals surface area contributed by atoms with Gasteiger partial charge in [0.1, 0.15) is 13.4 Å². The summed E-state index contributed by atoms with van der Waals surface area (Å²) in [6.45, 7) is 4.78. The topological polar surface area (TPSA) is 101 Å². The molecule has 2 atom stereocenters. The summed E-state index contributed by atoms with van der Waals surface area (Å²) in [6.07, 6.45) is -0.0924. The van der Waals surface area contributed by atoms with E-state index < -0.39 is 44.0 Å². The highest BCUT2D eigenvalue weighted by Crippen LogP contribution is 2.46. The van der Waals surface area contributed by atoms with Crippen LogP contribution < -0.4 is 9.99 Å². The number of piperazine rings is 1. The zero-order valence-electron chi connectivity index (χ0n) is 17.3. The minimum Gasteiger partial charge on any atom is -0.444 e. The molecule has 2 heterocycles. The molecule has 17 heteroatoms. The standard InChI is InChI=1S/C14H15B7N5O4P/c1-10(2,3)30-9(27)25-12(17,18)11(15,16)24(14(21,23-31)13(25,19)20)7-4-5-8(22-6-7)26(28)29/h4-6,23H,31H2,1-3H3. The second-order valence-electron chi connectivity index (χ2n) is 8.17. The van der Waals surface area contributed by atoms with Gasteiger partial charge in [-0.15, -0.1) is 0 Å². The second kappa shape index (κ2) is 7.80. The summed E-state index contributed by atoms with van der Waals surface area (Å²) in [5, 5.41) is 6.30. The molecule has 0 spiro atoms. The molecule has 1 fully saturated rings. The molecule has 9 nitrogen and oxygen atoms in total. The maximum absolute atomic E-state index is 13.0. The van der Waals surface area contributed by atoms with Gasteiger partial charge in [0.2, 0.25) is 0 Å². The summed E-state index contributed by atoms with van der Waals surface area (Å²) in [5.41, 5.74) is -3.13. The van der Waals surface area contributed by atoms with Gasteiger partial charge < -0.3 is 24.7 Å². The number of carbonyl (C=O) groups excluding carboxylic acids is 1. The van der Waals surface area contributed by atoms with Crippen LogP contribution in [0, 0.1) is 10.1 Å². The van der Waals surface area contributed by atoms with Crippen molar-refractivity contribution in [2.24, 2.45) is 0 Å². The first-order valence-electron chi connectivity index (χ1n) is 8.78. The Hall–Kier alpha value is -1.54. The van der Waals surface area contributed by atoms with E-state index in [0.29, 0.717) is 4.90 Å². The third kappa shape index (κ3) is 4.02. The first-order chi connectivity index (χ1) is 13.8. The fraction of sp³-hybridized carbons (Fsp3) is 0.571. The predicted octanol–water partition coefficient (Wildman–Crippen LogP) is -1.78. The minimum absolute atomic E-state index is 0.0115.